The lowest BCUT2D eigenvalue weighted by molar-refractivity contribution is -0.176. The van der Waals surface area contributed by atoms with Crippen molar-refractivity contribution in [3.8, 4) is 0 Å². The number of rotatable bonds is 12. The van der Waals surface area contributed by atoms with E-state index in [1.807, 2.05) is 60.6 Å². The number of nitrogens with two attached hydrogens (primary N) is 1. The maximum absolute atomic E-state index is 12.1. The number of hydrogen-bond donors (Lipinski definition) is 4. The second-order valence-corrected chi connectivity index (χ2v) is 12.6. The zero-order chi connectivity index (χ0) is 31.2. The van der Waals surface area contributed by atoms with Gasteiger partial charge in [0.1, 0.15) is 12.2 Å². The van der Waals surface area contributed by atoms with Gasteiger partial charge < -0.3 is 30.5 Å². The molecule has 0 spiro atoms. The molecule has 0 aromatic carbocycles. The SMILES string of the molecule is C=C/C=C\[C@@H](C)[C@@H](OC(N)=O)[C@@H](C)[C@@H](O)[C@H](C)/C=C(\C)[C@H]1[C@H](C)[C@@H](O)[C@@H](C)[C@H]1/C=C/C[C@@H]1OC(=O)[C@H](C)[C@@H](O)[C@@H]1C. The largest absolute Gasteiger partial charge is 0.461 e. The van der Waals surface area contributed by atoms with Crippen LogP contribution in [0.1, 0.15) is 61.8 Å². The smallest absolute Gasteiger partial charge is 0.404 e. The summed E-state index contributed by atoms with van der Waals surface area (Å²) in [6.45, 7) is 19.1. The highest BCUT2D eigenvalue weighted by atomic mass is 16.6. The molecule has 0 aromatic rings. The minimum Gasteiger partial charge on any atom is -0.461 e. The van der Waals surface area contributed by atoms with Gasteiger partial charge in [-0.15, -0.1) is 0 Å². The Morgan fingerprint density at radius 3 is 2.29 bits per heavy atom. The normalized spacial score (nSPS) is 36.5. The van der Waals surface area contributed by atoms with E-state index in [-0.39, 0.29) is 47.4 Å². The molecule has 1 saturated heterocycles. The van der Waals surface area contributed by atoms with Crippen LogP contribution in [0.3, 0.4) is 0 Å². The molecular formula is C33H53NO7. The van der Waals surface area contributed by atoms with Crippen molar-refractivity contribution >= 4 is 12.1 Å². The topological polar surface area (TPSA) is 139 Å². The first-order chi connectivity index (χ1) is 19.1. The number of carbonyl (C=O) groups is 2. The summed E-state index contributed by atoms with van der Waals surface area (Å²) in [6, 6.07) is 0. The fourth-order valence-corrected chi connectivity index (χ4v) is 6.91. The van der Waals surface area contributed by atoms with Crippen LogP contribution in [0.2, 0.25) is 0 Å². The van der Waals surface area contributed by atoms with Crippen LogP contribution in [-0.2, 0) is 14.3 Å². The van der Waals surface area contributed by atoms with Gasteiger partial charge in [0.05, 0.1) is 24.2 Å². The van der Waals surface area contributed by atoms with Crippen molar-refractivity contribution in [1.82, 2.24) is 0 Å². The van der Waals surface area contributed by atoms with Crippen LogP contribution < -0.4 is 5.73 Å². The third-order valence-electron chi connectivity index (χ3n) is 9.64. The number of amides is 1. The molecular weight excluding hydrogens is 522 g/mol. The Bertz CT molecular complexity index is 990. The van der Waals surface area contributed by atoms with Gasteiger partial charge in [-0.25, -0.2) is 4.79 Å². The number of carbonyl (C=O) groups excluding carboxylic acids is 2. The van der Waals surface area contributed by atoms with E-state index in [2.05, 4.69) is 18.7 Å². The lowest BCUT2D eigenvalue weighted by Gasteiger charge is -2.36. The van der Waals surface area contributed by atoms with E-state index < -0.39 is 48.4 Å². The molecule has 41 heavy (non-hydrogen) atoms. The molecule has 1 heterocycles. The number of ether oxygens (including phenoxy) is 2. The van der Waals surface area contributed by atoms with Crippen LogP contribution in [0.15, 0.2) is 48.6 Å². The van der Waals surface area contributed by atoms with E-state index >= 15 is 0 Å². The van der Waals surface area contributed by atoms with Crippen LogP contribution in [0.4, 0.5) is 4.79 Å². The Morgan fingerprint density at radius 1 is 1.07 bits per heavy atom. The zero-order valence-electron chi connectivity index (χ0n) is 26.0. The van der Waals surface area contributed by atoms with Crippen molar-refractivity contribution in [2.45, 2.75) is 92.3 Å². The minimum atomic E-state index is -0.883. The summed E-state index contributed by atoms with van der Waals surface area (Å²) in [7, 11) is 0. The van der Waals surface area contributed by atoms with Gasteiger partial charge >= 0.3 is 12.1 Å². The lowest BCUT2D eigenvalue weighted by Crippen LogP contribution is -2.46. The fourth-order valence-electron chi connectivity index (χ4n) is 6.91. The molecule has 1 aliphatic heterocycles. The number of primary amides is 1. The van der Waals surface area contributed by atoms with Crippen molar-refractivity contribution in [3.63, 3.8) is 0 Å². The van der Waals surface area contributed by atoms with Crippen LogP contribution in [0.25, 0.3) is 0 Å². The Balaban J connectivity index is 2.22. The first kappa shape index (κ1) is 34.8. The molecule has 2 rings (SSSR count). The molecule has 8 heteroatoms. The quantitative estimate of drug-likeness (QED) is 0.149. The molecule has 2 fully saturated rings. The van der Waals surface area contributed by atoms with Gasteiger partial charge in [-0.1, -0.05) is 90.2 Å². The second kappa shape index (κ2) is 15.2. The van der Waals surface area contributed by atoms with Crippen LogP contribution in [-0.4, -0.2) is 57.9 Å². The summed E-state index contributed by atoms with van der Waals surface area (Å²) in [5.41, 5.74) is 6.41. The Morgan fingerprint density at radius 2 is 1.71 bits per heavy atom. The average molecular weight is 576 g/mol. The molecule has 0 aromatic heterocycles. The van der Waals surface area contributed by atoms with E-state index in [1.165, 1.54) is 0 Å². The highest BCUT2D eigenvalue weighted by Crippen LogP contribution is 2.46. The van der Waals surface area contributed by atoms with Gasteiger partial charge in [0.2, 0.25) is 0 Å². The monoisotopic (exact) mass is 575 g/mol. The molecule has 5 N–H and O–H groups in total. The number of aliphatic hydroxyl groups excluding tert-OH is 3. The summed E-state index contributed by atoms with van der Waals surface area (Å²) in [4.78, 5) is 23.8. The van der Waals surface area contributed by atoms with Gasteiger partial charge in [0.15, 0.2) is 0 Å². The summed E-state index contributed by atoms with van der Waals surface area (Å²) in [6.07, 6.45) is 8.03. The van der Waals surface area contributed by atoms with E-state index in [0.717, 1.165) is 5.57 Å². The molecule has 14 atom stereocenters. The molecule has 1 amide bonds. The molecule has 0 radical (unpaired) electrons. The summed E-state index contributed by atoms with van der Waals surface area (Å²) in [5.74, 6) is -1.80. The van der Waals surface area contributed by atoms with E-state index in [1.54, 1.807) is 19.1 Å². The first-order valence-electron chi connectivity index (χ1n) is 15.0. The molecule has 232 valence electrons. The third-order valence-corrected chi connectivity index (χ3v) is 9.64. The van der Waals surface area contributed by atoms with E-state index in [9.17, 15) is 24.9 Å². The third kappa shape index (κ3) is 8.33. The van der Waals surface area contributed by atoms with Crippen LogP contribution in [0.5, 0.6) is 0 Å². The molecule has 0 bridgehead atoms. The van der Waals surface area contributed by atoms with Crippen LogP contribution >= 0.6 is 0 Å². The van der Waals surface area contributed by atoms with Gasteiger partial charge in [-0.2, -0.15) is 0 Å². The number of esters is 1. The molecule has 8 nitrogen and oxygen atoms in total. The molecule has 1 saturated carbocycles. The van der Waals surface area contributed by atoms with Crippen molar-refractivity contribution in [1.29, 1.82) is 0 Å². The Kier molecular flexibility index (Phi) is 12.9. The predicted octanol–water partition coefficient (Wildman–Crippen LogP) is 4.79. The summed E-state index contributed by atoms with van der Waals surface area (Å²) >= 11 is 0. The van der Waals surface area contributed by atoms with Gasteiger partial charge in [-0.05, 0) is 37.5 Å². The summed E-state index contributed by atoms with van der Waals surface area (Å²) in [5, 5.41) is 32.7. The zero-order valence-corrected chi connectivity index (χ0v) is 26.0. The maximum Gasteiger partial charge on any atom is 0.404 e. The molecule has 1 aliphatic carbocycles. The van der Waals surface area contributed by atoms with E-state index in [0.29, 0.717) is 6.42 Å². The van der Waals surface area contributed by atoms with Crippen molar-refractivity contribution in [2.24, 2.45) is 59.0 Å². The lowest BCUT2D eigenvalue weighted by atomic mass is 9.78. The van der Waals surface area contributed by atoms with E-state index in [4.69, 9.17) is 15.2 Å². The standard InChI is InChI=1S/C33H53NO7/c1-10-11-13-17(2)31(41-33(34)39)23(8)28(35)19(4)16-18(3)27-22(7)29(36)20(5)25(27)14-12-15-26-21(6)30(37)24(9)32(38)40-26/h10-14,16-17,19-31,35-37H,1,15H2,2-9H3,(H2,34,39)/b13-11-,14-12+,18-16+/t17-,19-,20+,21-,22+,23+,24-,25-,26+,27+,28+,29+,30+,31-/m1/s1. The number of aliphatic hydroxyl groups is 3. The average Bonchev–Trinajstić information content (AvgIpc) is 3.14. The minimum absolute atomic E-state index is 0.00164. The van der Waals surface area contributed by atoms with Gasteiger partial charge in [0.25, 0.3) is 0 Å². The van der Waals surface area contributed by atoms with Gasteiger partial charge in [-0.3, -0.25) is 4.79 Å². The highest BCUT2D eigenvalue weighted by molar-refractivity contribution is 5.73. The summed E-state index contributed by atoms with van der Waals surface area (Å²) < 4.78 is 11.0. The maximum atomic E-state index is 12.1. The highest BCUT2D eigenvalue weighted by Gasteiger charge is 2.45. The van der Waals surface area contributed by atoms with Gasteiger partial charge in [0, 0.05) is 30.1 Å². The second-order valence-electron chi connectivity index (χ2n) is 12.6. The Hall–Kier alpha value is -2.42. The number of cyclic esters (lactones) is 1. The fraction of sp³-hybridized carbons (Fsp3) is 0.697. The van der Waals surface area contributed by atoms with Crippen molar-refractivity contribution in [2.75, 3.05) is 0 Å². The molecule has 0 unspecified atom stereocenters. The number of hydrogen-bond acceptors (Lipinski definition) is 7. The predicted molar refractivity (Wildman–Crippen MR) is 160 cm³/mol. The number of allylic oxidation sites excluding steroid dienone is 4. The molecule has 2 aliphatic rings. The Labute approximate surface area is 246 Å². The first-order valence-corrected chi connectivity index (χ1v) is 15.0. The van der Waals surface area contributed by atoms with Crippen molar-refractivity contribution in [3.05, 3.63) is 48.6 Å². The van der Waals surface area contributed by atoms with Crippen molar-refractivity contribution < 1.29 is 34.4 Å². The van der Waals surface area contributed by atoms with Crippen LogP contribution in [0, 0.1) is 53.3 Å².